The third-order valence-electron chi connectivity index (χ3n) is 4.39. The van der Waals surface area contributed by atoms with Gasteiger partial charge in [0.1, 0.15) is 18.2 Å². The number of nitrogens with zero attached hydrogens (tertiary/aromatic N) is 1. The van der Waals surface area contributed by atoms with Crippen molar-refractivity contribution >= 4 is 11.9 Å². The second kappa shape index (κ2) is 6.70. The second-order valence-electron chi connectivity index (χ2n) is 6.09. The summed E-state index contributed by atoms with van der Waals surface area (Å²) in [4.78, 5) is 14.8. The number of benzene rings is 2. The van der Waals surface area contributed by atoms with Crippen LogP contribution < -0.4 is 9.47 Å². The van der Waals surface area contributed by atoms with Crippen LogP contribution in [0.4, 0.5) is 0 Å². The molecule has 0 saturated heterocycles. The highest BCUT2D eigenvalue weighted by molar-refractivity contribution is 6.15. The van der Waals surface area contributed by atoms with Crippen LogP contribution in [0.25, 0.3) is 6.08 Å². The van der Waals surface area contributed by atoms with E-state index in [4.69, 9.17) is 14.2 Å². The minimum atomic E-state index is -0.0873. The molecule has 0 N–H and O–H groups in total. The van der Waals surface area contributed by atoms with Gasteiger partial charge in [0.05, 0.1) is 17.7 Å². The molecule has 0 spiro atoms. The highest BCUT2D eigenvalue weighted by atomic mass is 16.5. The van der Waals surface area contributed by atoms with Gasteiger partial charge in [-0.15, -0.1) is 0 Å². The summed E-state index contributed by atoms with van der Waals surface area (Å²) in [5, 5.41) is 0. The molecule has 0 atom stereocenters. The van der Waals surface area contributed by atoms with Crippen molar-refractivity contribution in [3.8, 4) is 11.5 Å². The molecule has 0 radical (unpaired) electrons. The summed E-state index contributed by atoms with van der Waals surface area (Å²) >= 11 is 0. The van der Waals surface area contributed by atoms with Crippen molar-refractivity contribution < 1.29 is 19.0 Å². The molecular formula is C20H19NO4. The maximum atomic E-state index is 12.7. The predicted molar refractivity (Wildman–Crippen MR) is 93.6 cm³/mol. The Morgan fingerprint density at radius 2 is 2.04 bits per heavy atom. The molecule has 2 heterocycles. The Balaban J connectivity index is 1.64. The Labute approximate surface area is 146 Å². The summed E-state index contributed by atoms with van der Waals surface area (Å²) in [6.07, 6.45) is 1.78. The van der Waals surface area contributed by atoms with Crippen LogP contribution in [0.5, 0.6) is 11.5 Å². The molecule has 0 aromatic heterocycles. The maximum absolute atomic E-state index is 12.7. The molecule has 2 aromatic rings. The van der Waals surface area contributed by atoms with Gasteiger partial charge in [-0.1, -0.05) is 30.3 Å². The number of Topliss-reactive ketones (excluding diaryl/α,β-unsaturated/α-hetero) is 1. The van der Waals surface area contributed by atoms with Gasteiger partial charge in [-0.2, -0.15) is 0 Å². The fourth-order valence-electron chi connectivity index (χ4n) is 3.07. The molecule has 128 valence electrons. The lowest BCUT2D eigenvalue weighted by molar-refractivity contribution is 0.0646. The fraction of sp³-hybridized carbons (Fsp3) is 0.250. The zero-order valence-corrected chi connectivity index (χ0v) is 14.0. The van der Waals surface area contributed by atoms with Crippen molar-refractivity contribution in [3.05, 3.63) is 64.9 Å². The van der Waals surface area contributed by atoms with Gasteiger partial charge in [0, 0.05) is 20.2 Å². The number of carbonyl (C=O) groups excluding carboxylic acids is 1. The van der Waals surface area contributed by atoms with Crippen LogP contribution in [-0.2, 0) is 11.3 Å². The zero-order valence-electron chi connectivity index (χ0n) is 14.0. The summed E-state index contributed by atoms with van der Waals surface area (Å²) in [5.74, 6) is 1.66. The Morgan fingerprint density at radius 1 is 1.20 bits per heavy atom. The van der Waals surface area contributed by atoms with E-state index in [1.54, 1.807) is 19.3 Å². The topological polar surface area (TPSA) is 48.0 Å². The average molecular weight is 337 g/mol. The molecule has 0 saturated carbocycles. The predicted octanol–water partition coefficient (Wildman–Crippen LogP) is 3.10. The number of ether oxygens (including phenoxy) is 3. The van der Waals surface area contributed by atoms with Gasteiger partial charge in [0.25, 0.3) is 0 Å². The normalized spacial score (nSPS) is 17.8. The second-order valence-corrected chi connectivity index (χ2v) is 6.09. The van der Waals surface area contributed by atoms with Gasteiger partial charge in [0.2, 0.25) is 5.78 Å². The number of hydrogen-bond donors (Lipinski definition) is 0. The monoisotopic (exact) mass is 337 g/mol. The van der Waals surface area contributed by atoms with Crippen LogP contribution in [0.15, 0.2) is 48.2 Å². The Kier molecular flexibility index (Phi) is 4.26. The van der Waals surface area contributed by atoms with Gasteiger partial charge in [0.15, 0.2) is 5.76 Å². The molecule has 0 unspecified atom stereocenters. The molecule has 0 aliphatic carbocycles. The summed E-state index contributed by atoms with van der Waals surface area (Å²) in [5.41, 5.74) is 2.45. The minimum absolute atomic E-state index is 0.0873. The lowest BCUT2D eigenvalue weighted by Crippen LogP contribution is -2.34. The first-order valence-corrected chi connectivity index (χ1v) is 8.25. The number of hydrogen-bond acceptors (Lipinski definition) is 5. The molecule has 2 aliphatic rings. The van der Waals surface area contributed by atoms with Gasteiger partial charge < -0.3 is 14.2 Å². The maximum Gasteiger partial charge on any atom is 0.231 e. The summed E-state index contributed by atoms with van der Waals surface area (Å²) in [6.45, 7) is 2.58. The quantitative estimate of drug-likeness (QED) is 0.803. The number of allylic oxidation sites excluding steroid dienone is 1. The number of methoxy groups -OCH3 is 1. The third kappa shape index (κ3) is 3.04. The van der Waals surface area contributed by atoms with Crippen LogP contribution in [0.3, 0.4) is 0 Å². The van der Waals surface area contributed by atoms with Crippen LogP contribution in [0.2, 0.25) is 0 Å². The Morgan fingerprint density at radius 3 is 2.84 bits per heavy atom. The highest BCUT2D eigenvalue weighted by Crippen LogP contribution is 2.41. The number of rotatable bonds is 4. The van der Waals surface area contributed by atoms with E-state index in [0.717, 1.165) is 23.4 Å². The smallest absolute Gasteiger partial charge is 0.231 e. The van der Waals surface area contributed by atoms with Crippen molar-refractivity contribution in [1.29, 1.82) is 0 Å². The molecular weight excluding hydrogens is 318 g/mol. The molecule has 5 nitrogen and oxygen atoms in total. The minimum Gasteiger partial charge on any atom is -0.478 e. The van der Waals surface area contributed by atoms with Crippen molar-refractivity contribution in [3.63, 3.8) is 0 Å². The SMILES string of the molecule is COCCN1COc2ccc3c(c2C1)O/C(=C\c1ccccc1)C3=O. The molecule has 2 aromatic carbocycles. The molecule has 4 rings (SSSR count). The molecule has 25 heavy (non-hydrogen) atoms. The first kappa shape index (κ1) is 15.9. The number of ketones is 1. The van der Waals surface area contributed by atoms with Crippen molar-refractivity contribution in [2.45, 2.75) is 6.54 Å². The standard InChI is InChI=1S/C20H19NO4/c1-23-10-9-21-12-16-17(24-13-21)8-7-15-19(22)18(25-20(15)16)11-14-5-3-2-4-6-14/h2-8,11H,9-10,12-13H2,1H3/b18-11-. The summed E-state index contributed by atoms with van der Waals surface area (Å²) in [7, 11) is 1.68. The molecule has 5 heteroatoms. The number of carbonyl (C=O) groups is 1. The van der Waals surface area contributed by atoms with Gasteiger partial charge in [-0.05, 0) is 23.8 Å². The largest absolute Gasteiger partial charge is 0.478 e. The molecule has 0 amide bonds. The van der Waals surface area contributed by atoms with Gasteiger partial charge in [-0.25, -0.2) is 0 Å². The Hall–Kier alpha value is -2.63. The van der Waals surface area contributed by atoms with Crippen LogP contribution in [0, 0.1) is 0 Å². The highest BCUT2D eigenvalue weighted by Gasteiger charge is 2.33. The fourth-order valence-corrected chi connectivity index (χ4v) is 3.07. The van der Waals surface area contributed by atoms with Crippen molar-refractivity contribution in [2.24, 2.45) is 0 Å². The molecule has 0 bridgehead atoms. The van der Waals surface area contributed by atoms with E-state index in [1.807, 2.05) is 36.4 Å². The van der Waals surface area contributed by atoms with Gasteiger partial charge in [-0.3, -0.25) is 9.69 Å². The van der Waals surface area contributed by atoms with Crippen molar-refractivity contribution in [2.75, 3.05) is 27.0 Å². The Bertz CT molecular complexity index is 829. The van der Waals surface area contributed by atoms with Crippen LogP contribution >= 0.6 is 0 Å². The number of fused-ring (bicyclic) bond motifs is 3. The lowest BCUT2D eigenvalue weighted by Gasteiger charge is -2.29. The average Bonchev–Trinajstić information content (AvgIpc) is 2.97. The first-order valence-electron chi connectivity index (χ1n) is 8.25. The first-order chi connectivity index (χ1) is 12.3. The summed E-state index contributed by atoms with van der Waals surface area (Å²) < 4.78 is 16.9. The van der Waals surface area contributed by atoms with E-state index >= 15 is 0 Å². The van der Waals surface area contributed by atoms with E-state index in [0.29, 0.717) is 37.0 Å². The summed E-state index contributed by atoms with van der Waals surface area (Å²) in [6, 6.07) is 13.3. The van der Waals surface area contributed by atoms with Gasteiger partial charge >= 0.3 is 0 Å². The third-order valence-corrected chi connectivity index (χ3v) is 4.39. The molecule has 0 fully saturated rings. The van der Waals surface area contributed by atoms with E-state index in [-0.39, 0.29) is 5.78 Å². The van der Waals surface area contributed by atoms with Crippen LogP contribution in [0.1, 0.15) is 21.5 Å². The zero-order chi connectivity index (χ0) is 17.2. The molecule has 2 aliphatic heterocycles. The van der Waals surface area contributed by atoms with E-state index < -0.39 is 0 Å². The van der Waals surface area contributed by atoms with Crippen molar-refractivity contribution in [1.82, 2.24) is 4.90 Å². The van der Waals surface area contributed by atoms with E-state index in [9.17, 15) is 4.79 Å². The lowest BCUT2D eigenvalue weighted by atomic mass is 10.0. The van der Waals surface area contributed by atoms with Crippen LogP contribution in [-0.4, -0.2) is 37.7 Å². The van der Waals surface area contributed by atoms with E-state index in [2.05, 4.69) is 4.90 Å². The van der Waals surface area contributed by atoms with E-state index in [1.165, 1.54) is 0 Å².